The zero-order valence-electron chi connectivity index (χ0n) is 44.1. The van der Waals surface area contributed by atoms with Gasteiger partial charge in [-0.15, -0.1) is 0 Å². The Morgan fingerprint density at radius 1 is 0.618 bits per heavy atom. The summed E-state index contributed by atoms with van der Waals surface area (Å²) in [5.74, 6) is -4.84. The molecule has 10 N–H and O–H groups in total. The Labute approximate surface area is 444 Å². The van der Waals surface area contributed by atoms with Crippen LogP contribution in [0, 0.1) is 11.8 Å². The lowest BCUT2D eigenvalue weighted by Gasteiger charge is -2.44. The maximum Gasteiger partial charge on any atom is 0.326 e. The highest BCUT2D eigenvalue weighted by molar-refractivity contribution is 5.90. The minimum absolute atomic E-state index is 0.0406. The van der Waals surface area contributed by atoms with Crippen LogP contribution in [0.25, 0.3) is 10.8 Å². The van der Waals surface area contributed by atoms with Gasteiger partial charge >= 0.3 is 35.9 Å². The van der Waals surface area contributed by atoms with E-state index in [1.165, 1.54) is 0 Å². The molecule has 0 saturated heterocycles. The summed E-state index contributed by atoms with van der Waals surface area (Å²) in [5, 5.41) is 56.5. The molecule has 0 heterocycles. The number of nitrogens with one attached hydrogen (secondary N) is 6. The van der Waals surface area contributed by atoms with Crippen molar-refractivity contribution in [2.45, 2.75) is 127 Å². The Hall–Kier alpha value is -6.84. The number of likely N-dealkylation sites (N-methyl/N-ethyl adjacent to an activating group) is 2. The minimum atomic E-state index is -1.22. The topological polar surface area (TPSA) is 299 Å². The molecule has 0 spiro atoms. The Balaban J connectivity index is 1.08. The molecule has 21 nitrogen and oxygen atoms in total. The number of carbonyl (C=O) groups is 8. The highest BCUT2D eigenvalue weighted by Crippen LogP contribution is 2.30. The number of unbranched alkanes of at least 4 members (excludes halogenated alkanes) is 1. The molecule has 2 fully saturated rings. The van der Waals surface area contributed by atoms with Crippen molar-refractivity contribution in [1.82, 2.24) is 41.3 Å². The highest BCUT2D eigenvalue weighted by Gasteiger charge is 2.36. The lowest BCUT2D eigenvalue weighted by Crippen LogP contribution is -2.57. The standard InChI is InChI=1S/C55H79N9O12/c1-62(2)43(33-64(35-50(69)70)47-15-7-6-14-46(47)63(3)34-49(67)68)30-36-20-25-42(26-21-36)59-55(76)58-32-37-17-23-40(24-18-37)51(71)60-45(31-38-19-22-39-11-4-5-12-41(39)29-38)52(72)56-27-9-8-13-44(53(73)74)61-54(75)57-28-10-16-48(65)66/h4-5,11-12,19-22,25-26,29,37,40,43-47H,6-10,13-18,23-24,27-28,30-35H2,1-3H3,(H,56,72)(H,60,71)(H,65,66)(H,67,68)(H,69,70)(H,73,74)(H2,57,61,75)(H2,58,59,76)/t37-,40-,43-,44+,45+,46+,47+/m1/s1. The van der Waals surface area contributed by atoms with Crippen molar-refractivity contribution in [3.8, 4) is 0 Å². The summed E-state index contributed by atoms with van der Waals surface area (Å²) in [6.45, 7) is 0.933. The van der Waals surface area contributed by atoms with Crippen LogP contribution in [0.1, 0.15) is 94.6 Å². The van der Waals surface area contributed by atoms with E-state index in [4.69, 9.17) is 5.11 Å². The van der Waals surface area contributed by atoms with Gasteiger partial charge in [-0.2, -0.15) is 0 Å². The molecule has 2 aliphatic rings. The third kappa shape index (κ3) is 20.4. The predicted molar refractivity (Wildman–Crippen MR) is 287 cm³/mol. The average molecular weight is 1060 g/mol. The molecule has 0 bridgehead atoms. The van der Waals surface area contributed by atoms with Crippen LogP contribution in [-0.2, 0) is 41.6 Å². The number of amides is 6. The summed E-state index contributed by atoms with van der Waals surface area (Å²) in [4.78, 5) is 105. The number of rotatable bonds is 30. The fourth-order valence-electron chi connectivity index (χ4n) is 10.4. The monoisotopic (exact) mass is 1060 g/mol. The maximum absolute atomic E-state index is 13.8. The van der Waals surface area contributed by atoms with Gasteiger partial charge in [0.05, 0.1) is 13.1 Å². The molecule has 5 rings (SSSR count). The molecule has 2 aliphatic carbocycles. The molecule has 0 aliphatic heterocycles. The van der Waals surface area contributed by atoms with Gasteiger partial charge in [0.2, 0.25) is 11.8 Å². The molecule has 5 atom stereocenters. The summed E-state index contributed by atoms with van der Waals surface area (Å²) in [6, 6.07) is 18.0. The van der Waals surface area contributed by atoms with Crippen LogP contribution in [0.3, 0.4) is 0 Å². The smallest absolute Gasteiger partial charge is 0.326 e. The van der Waals surface area contributed by atoms with Gasteiger partial charge in [0.1, 0.15) is 12.1 Å². The normalized spacial score (nSPS) is 18.8. The summed E-state index contributed by atoms with van der Waals surface area (Å²) >= 11 is 0. The number of nitrogens with zero attached hydrogens (tertiary/aromatic N) is 3. The maximum atomic E-state index is 13.8. The largest absolute Gasteiger partial charge is 0.481 e. The summed E-state index contributed by atoms with van der Waals surface area (Å²) in [7, 11) is 5.72. The van der Waals surface area contributed by atoms with Crippen LogP contribution in [0.5, 0.6) is 0 Å². The molecule has 76 heavy (non-hydrogen) atoms. The number of carbonyl (C=O) groups excluding carboxylic acids is 4. The van der Waals surface area contributed by atoms with Crippen molar-refractivity contribution in [2.24, 2.45) is 11.8 Å². The van der Waals surface area contributed by atoms with E-state index in [2.05, 4.69) is 36.8 Å². The second-order valence-corrected chi connectivity index (χ2v) is 20.6. The molecule has 0 unspecified atom stereocenters. The molecule has 416 valence electrons. The van der Waals surface area contributed by atoms with E-state index in [9.17, 15) is 53.7 Å². The van der Waals surface area contributed by atoms with Crippen molar-refractivity contribution in [3.05, 3.63) is 77.9 Å². The van der Waals surface area contributed by atoms with Gasteiger partial charge < -0.3 is 57.2 Å². The van der Waals surface area contributed by atoms with Gasteiger partial charge in [0.15, 0.2) is 0 Å². The van der Waals surface area contributed by atoms with Gasteiger partial charge in [0, 0.05) is 68.8 Å². The van der Waals surface area contributed by atoms with E-state index in [0.717, 1.165) is 47.6 Å². The van der Waals surface area contributed by atoms with E-state index in [-0.39, 0.29) is 99.7 Å². The second kappa shape index (κ2) is 30.6. The second-order valence-electron chi connectivity index (χ2n) is 20.6. The Morgan fingerprint density at radius 3 is 1.93 bits per heavy atom. The van der Waals surface area contributed by atoms with Crippen molar-refractivity contribution in [3.63, 3.8) is 0 Å². The van der Waals surface area contributed by atoms with E-state index in [1.54, 1.807) is 7.05 Å². The van der Waals surface area contributed by atoms with Crippen molar-refractivity contribution < 1.29 is 58.8 Å². The van der Waals surface area contributed by atoms with Gasteiger partial charge in [-0.1, -0.05) is 67.4 Å². The van der Waals surface area contributed by atoms with Gasteiger partial charge in [-0.05, 0) is 132 Å². The fraction of sp³-hybridized carbons (Fsp3) is 0.564. The zero-order chi connectivity index (χ0) is 55.1. The van der Waals surface area contributed by atoms with Gasteiger partial charge in [0.25, 0.3) is 0 Å². The molecule has 3 aromatic carbocycles. The van der Waals surface area contributed by atoms with E-state index < -0.39 is 42.0 Å². The number of carboxylic acid groups (broad SMARTS) is 4. The lowest BCUT2D eigenvalue weighted by molar-refractivity contribution is -0.142. The SMILES string of the molecule is CN(C)[C@H](Cc1ccc(NC(=O)NC[C@H]2CC[C@H](C(=O)N[C@@H](Cc3ccc4ccccc4c3)C(=O)NCCCC[C@H](NC(=O)NCCCC(=O)O)C(=O)O)CC2)cc1)CN(CC(=O)O)[C@H]1CCCC[C@@H]1N(C)CC(=O)O. The number of fused-ring (bicyclic) bond motifs is 1. The van der Waals surface area contributed by atoms with Gasteiger partial charge in [-0.25, -0.2) is 14.4 Å². The first-order valence-corrected chi connectivity index (χ1v) is 26.6. The molecule has 0 aromatic heterocycles. The number of anilines is 1. The van der Waals surface area contributed by atoms with Crippen LogP contribution < -0.4 is 31.9 Å². The molecule has 2 saturated carbocycles. The fourth-order valence-corrected chi connectivity index (χ4v) is 10.4. The minimum Gasteiger partial charge on any atom is -0.481 e. The Kier molecular flexibility index (Phi) is 24.2. The van der Waals surface area contributed by atoms with Crippen LogP contribution in [0.2, 0.25) is 0 Å². The average Bonchev–Trinajstić information content (AvgIpc) is 3.38. The molecule has 0 radical (unpaired) electrons. The number of urea groups is 2. The van der Waals surface area contributed by atoms with Crippen LogP contribution >= 0.6 is 0 Å². The van der Waals surface area contributed by atoms with Gasteiger partial charge in [-0.3, -0.25) is 33.8 Å². The first-order chi connectivity index (χ1) is 36.3. The zero-order valence-corrected chi connectivity index (χ0v) is 44.1. The highest BCUT2D eigenvalue weighted by atomic mass is 16.4. The number of hydrogen-bond donors (Lipinski definition) is 10. The lowest BCUT2D eigenvalue weighted by atomic mass is 9.81. The number of benzene rings is 3. The summed E-state index contributed by atoms with van der Waals surface area (Å²) in [6.07, 6.45) is 7.88. The first kappa shape index (κ1) is 60.0. The Morgan fingerprint density at radius 2 is 1.28 bits per heavy atom. The van der Waals surface area contributed by atoms with Crippen LogP contribution in [0.15, 0.2) is 66.7 Å². The molecule has 21 heteroatoms. The third-order valence-electron chi connectivity index (χ3n) is 14.6. The summed E-state index contributed by atoms with van der Waals surface area (Å²) in [5.41, 5.74) is 2.49. The number of hydrogen-bond acceptors (Lipinski definition) is 11. The predicted octanol–water partition coefficient (Wildman–Crippen LogP) is 4.59. The molecular formula is C55H79N9O12. The summed E-state index contributed by atoms with van der Waals surface area (Å²) < 4.78 is 0. The number of carboxylic acids is 4. The van der Waals surface area contributed by atoms with Crippen molar-refractivity contribution in [2.75, 3.05) is 65.7 Å². The number of aliphatic carboxylic acids is 4. The van der Waals surface area contributed by atoms with E-state index in [1.807, 2.05) is 90.6 Å². The van der Waals surface area contributed by atoms with Crippen molar-refractivity contribution >= 4 is 64.2 Å². The third-order valence-corrected chi connectivity index (χ3v) is 14.6. The molecule has 3 aromatic rings. The van der Waals surface area contributed by atoms with E-state index >= 15 is 0 Å². The molecular weight excluding hydrogens is 979 g/mol. The van der Waals surface area contributed by atoms with Crippen molar-refractivity contribution in [1.29, 1.82) is 0 Å². The van der Waals surface area contributed by atoms with Crippen LogP contribution in [-0.4, -0.2) is 174 Å². The van der Waals surface area contributed by atoms with E-state index in [0.29, 0.717) is 63.7 Å². The first-order valence-electron chi connectivity index (χ1n) is 26.6. The van der Waals surface area contributed by atoms with Crippen LogP contribution in [0.4, 0.5) is 15.3 Å². The Bertz CT molecular complexity index is 2410. The molecule has 6 amide bonds. The quantitative estimate of drug-likeness (QED) is 0.0409.